The Morgan fingerprint density at radius 3 is 2.47 bits per heavy atom. The molecule has 0 saturated heterocycles. The molecule has 0 aromatic heterocycles. The molecule has 1 atom stereocenters. The number of phenolic OH excluding ortho intramolecular Hbond substituents is 1. The molecule has 0 unspecified atom stereocenters. The molecule has 0 aliphatic heterocycles. The number of rotatable bonds is 4. The van der Waals surface area contributed by atoms with Crippen molar-refractivity contribution in [3.63, 3.8) is 0 Å². The molecule has 3 N–H and O–H groups in total. The van der Waals surface area contributed by atoms with Gasteiger partial charge in [0, 0.05) is 0 Å². The average Bonchev–Trinajstić information content (AvgIpc) is 2.34. The molecule has 0 fully saturated rings. The molecule has 1 aromatic rings. The van der Waals surface area contributed by atoms with Crippen LogP contribution in [-0.4, -0.2) is 23.6 Å². The molecule has 0 aliphatic carbocycles. The Kier molecular flexibility index (Phi) is 4.35. The number of benzene rings is 1. The first-order valence-electron chi connectivity index (χ1n) is 5.20. The zero-order chi connectivity index (χ0) is 14.8. The Labute approximate surface area is 105 Å². The lowest BCUT2D eigenvalue weighted by atomic mass is 9.99. The van der Waals surface area contributed by atoms with Crippen LogP contribution in [0.25, 0.3) is 0 Å². The van der Waals surface area contributed by atoms with Gasteiger partial charge in [0.05, 0.1) is 12.2 Å². The molecular weight excluding hydrogens is 270 g/mol. The first-order valence-corrected chi connectivity index (χ1v) is 5.20. The van der Waals surface area contributed by atoms with Gasteiger partial charge in [-0.2, -0.15) is 8.78 Å². The maximum atomic E-state index is 13.6. The Balaban J connectivity index is 3.23. The van der Waals surface area contributed by atoms with E-state index >= 15 is 0 Å². The largest absolute Gasteiger partial charge is 0.505 e. The second-order valence-electron chi connectivity index (χ2n) is 3.61. The molecular formula is C11H11F4NO3. The Morgan fingerprint density at radius 2 is 1.95 bits per heavy atom. The number of carbonyl (C=O) groups is 1. The fourth-order valence-corrected chi connectivity index (χ4v) is 1.39. The van der Waals surface area contributed by atoms with Gasteiger partial charge in [0.25, 0.3) is 0 Å². The van der Waals surface area contributed by atoms with Crippen molar-refractivity contribution in [1.82, 2.24) is 0 Å². The summed E-state index contributed by atoms with van der Waals surface area (Å²) in [6, 6.07) is -1.50. The molecule has 0 amide bonds. The highest BCUT2D eigenvalue weighted by Crippen LogP contribution is 2.37. The lowest BCUT2D eigenvalue weighted by Crippen LogP contribution is -2.42. The zero-order valence-corrected chi connectivity index (χ0v) is 9.79. The minimum atomic E-state index is -4.30. The highest BCUT2D eigenvalue weighted by atomic mass is 19.3. The van der Waals surface area contributed by atoms with E-state index in [0.717, 1.165) is 0 Å². The summed E-state index contributed by atoms with van der Waals surface area (Å²) in [6.07, 6.45) is 0. The SMILES string of the molecule is CCOC(=O)C(F)(F)[C@H](N)c1c(F)ccc(F)c1O. The van der Waals surface area contributed by atoms with Gasteiger partial charge in [-0.25, -0.2) is 13.6 Å². The van der Waals surface area contributed by atoms with Crippen LogP contribution >= 0.6 is 0 Å². The van der Waals surface area contributed by atoms with E-state index in [1.165, 1.54) is 6.92 Å². The van der Waals surface area contributed by atoms with E-state index in [2.05, 4.69) is 4.74 Å². The Bertz CT molecular complexity index is 493. The maximum absolute atomic E-state index is 13.6. The number of carbonyl (C=O) groups excluding carboxylic acids is 1. The van der Waals surface area contributed by atoms with Crippen molar-refractivity contribution >= 4 is 5.97 Å². The van der Waals surface area contributed by atoms with E-state index in [4.69, 9.17) is 5.73 Å². The maximum Gasteiger partial charge on any atom is 0.379 e. The van der Waals surface area contributed by atoms with Crippen molar-refractivity contribution in [1.29, 1.82) is 0 Å². The minimum absolute atomic E-state index is 0.335. The lowest BCUT2D eigenvalue weighted by Gasteiger charge is -2.22. The van der Waals surface area contributed by atoms with Crippen molar-refractivity contribution in [2.45, 2.75) is 18.9 Å². The minimum Gasteiger partial charge on any atom is -0.505 e. The summed E-state index contributed by atoms with van der Waals surface area (Å²) in [5, 5.41) is 9.24. The van der Waals surface area contributed by atoms with Crippen LogP contribution in [0.4, 0.5) is 17.6 Å². The highest BCUT2D eigenvalue weighted by Gasteiger charge is 2.49. The molecule has 0 heterocycles. The molecule has 1 aromatic carbocycles. The second-order valence-corrected chi connectivity index (χ2v) is 3.61. The van der Waals surface area contributed by atoms with Crippen LogP contribution in [0, 0.1) is 11.6 Å². The number of alkyl halides is 2. The lowest BCUT2D eigenvalue weighted by molar-refractivity contribution is -0.175. The van der Waals surface area contributed by atoms with Crippen molar-refractivity contribution < 1.29 is 32.2 Å². The number of nitrogens with two attached hydrogens (primary N) is 1. The van der Waals surface area contributed by atoms with Gasteiger partial charge < -0.3 is 15.6 Å². The van der Waals surface area contributed by atoms with Gasteiger partial charge in [-0.05, 0) is 19.1 Å². The second kappa shape index (κ2) is 5.43. The standard InChI is InChI=1S/C11H11F4NO3/c1-2-19-10(18)11(14,15)9(16)7-5(12)3-4-6(13)8(7)17/h3-4,9,17H,2,16H2,1H3/t9-/m1/s1. The van der Waals surface area contributed by atoms with E-state index in [1.807, 2.05) is 0 Å². The molecule has 19 heavy (non-hydrogen) atoms. The Morgan fingerprint density at radius 1 is 1.42 bits per heavy atom. The van der Waals surface area contributed by atoms with Gasteiger partial charge in [-0.15, -0.1) is 0 Å². The predicted octanol–water partition coefficient (Wildman–Crippen LogP) is 1.87. The number of phenols is 1. The smallest absolute Gasteiger partial charge is 0.379 e. The molecule has 0 saturated carbocycles. The number of halogens is 4. The summed E-state index contributed by atoms with van der Waals surface area (Å²) < 4.78 is 57.6. The van der Waals surface area contributed by atoms with Crippen molar-refractivity contribution in [2.24, 2.45) is 5.73 Å². The summed E-state index contributed by atoms with van der Waals surface area (Å²) in [6.45, 7) is 0.957. The Hall–Kier alpha value is -1.83. The van der Waals surface area contributed by atoms with Gasteiger partial charge >= 0.3 is 11.9 Å². The zero-order valence-electron chi connectivity index (χ0n) is 9.79. The normalized spacial score (nSPS) is 13.2. The summed E-state index contributed by atoms with van der Waals surface area (Å²) in [7, 11) is 0. The number of aromatic hydroxyl groups is 1. The van der Waals surface area contributed by atoms with E-state index in [0.29, 0.717) is 12.1 Å². The van der Waals surface area contributed by atoms with Gasteiger partial charge in [-0.1, -0.05) is 0 Å². The summed E-state index contributed by atoms with van der Waals surface area (Å²) in [5.41, 5.74) is 3.87. The van der Waals surface area contributed by atoms with Gasteiger partial charge in [0.15, 0.2) is 11.6 Å². The first-order chi connectivity index (χ1) is 8.73. The number of hydrogen-bond acceptors (Lipinski definition) is 4. The fraction of sp³-hybridized carbons (Fsp3) is 0.364. The summed E-state index contributed by atoms with van der Waals surface area (Å²) in [4.78, 5) is 11.0. The molecule has 0 aliphatic rings. The number of hydrogen-bond donors (Lipinski definition) is 2. The van der Waals surface area contributed by atoms with Crippen LogP contribution in [-0.2, 0) is 9.53 Å². The molecule has 0 radical (unpaired) electrons. The van der Waals surface area contributed by atoms with Crippen LogP contribution in [0.15, 0.2) is 12.1 Å². The topological polar surface area (TPSA) is 72.5 Å². The van der Waals surface area contributed by atoms with Gasteiger partial charge in [-0.3, -0.25) is 0 Å². The van der Waals surface area contributed by atoms with Crippen molar-refractivity contribution in [2.75, 3.05) is 6.61 Å². The quantitative estimate of drug-likeness (QED) is 0.652. The van der Waals surface area contributed by atoms with Crippen LogP contribution in [0.2, 0.25) is 0 Å². The van der Waals surface area contributed by atoms with Crippen molar-refractivity contribution in [3.05, 3.63) is 29.3 Å². The average molecular weight is 281 g/mol. The van der Waals surface area contributed by atoms with Crippen LogP contribution < -0.4 is 5.73 Å². The molecule has 0 bridgehead atoms. The number of esters is 1. The third kappa shape index (κ3) is 2.78. The summed E-state index contributed by atoms with van der Waals surface area (Å²) >= 11 is 0. The fourth-order valence-electron chi connectivity index (χ4n) is 1.39. The predicted molar refractivity (Wildman–Crippen MR) is 56.5 cm³/mol. The monoisotopic (exact) mass is 281 g/mol. The van der Waals surface area contributed by atoms with E-state index < -0.39 is 40.9 Å². The molecule has 0 spiro atoms. The highest BCUT2D eigenvalue weighted by molar-refractivity contribution is 5.79. The van der Waals surface area contributed by atoms with Crippen molar-refractivity contribution in [3.8, 4) is 5.75 Å². The molecule has 8 heteroatoms. The first kappa shape index (κ1) is 15.2. The van der Waals surface area contributed by atoms with E-state index in [9.17, 15) is 27.5 Å². The van der Waals surface area contributed by atoms with E-state index in [1.54, 1.807) is 0 Å². The molecule has 1 rings (SSSR count). The van der Waals surface area contributed by atoms with Gasteiger partial charge in [0.2, 0.25) is 0 Å². The third-order valence-electron chi connectivity index (χ3n) is 2.36. The van der Waals surface area contributed by atoms with Crippen LogP contribution in [0.5, 0.6) is 5.75 Å². The van der Waals surface area contributed by atoms with Gasteiger partial charge in [0.1, 0.15) is 11.9 Å². The van der Waals surface area contributed by atoms with Crippen LogP contribution in [0.3, 0.4) is 0 Å². The van der Waals surface area contributed by atoms with E-state index in [-0.39, 0.29) is 6.61 Å². The van der Waals surface area contributed by atoms with Crippen LogP contribution in [0.1, 0.15) is 18.5 Å². The molecule has 4 nitrogen and oxygen atoms in total. The number of ether oxygens (including phenoxy) is 1. The third-order valence-corrected chi connectivity index (χ3v) is 2.36. The molecule has 106 valence electrons. The summed E-state index contributed by atoms with van der Waals surface area (Å²) in [5.74, 6) is -10.3.